The summed E-state index contributed by atoms with van der Waals surface area (Å²) in [7, 11) is 6.51. The lowest BCUT2D eigenvalue weighted by Gasteiger charge is -2.08. The van der Waals surface area contributed by atoms with Gasteiger partial charge in [-0.2, -0.15) is 9.13 Å². The standard InChI is InChI=1S/C36H46N2O8S2/c1-25-33(47-23-37(25)21-27-11-13-29(41-3)31(19-27)43-5)15-17-45-35(39)9-7-8-10-36(40)46-18-16-34-26(2)38(24-48-34)22-28-12-14-30(42-4)32(20-28)44-6/h11-14,19-20,23-24H,7-10,15-18,21-22H2,1-6H3/q+2. The molecule has 0 saturated carbocycles. The molecule has 4 aromatic rings. The minimum atomic E-state index is -0.245. The van der Waals surface area contributed by atoms with Crippen molar-refractivity contribution in [1.82, 2.24) is 0 Å². The topological polar surface area (TPSA) is 97.3 Å². The van der Waals surface area contributed by atoms with Crippen LogP contribution in [0.15, 0.2) is 47.4 Å². The number of carbonyl (C=O) groups is 2. The summed E-state index contributed by atoms with van der Waals surface area (Å²) in [6.45, 7) is 6.23. The van der Waals surface area contributed by atoms with Crippen molar-refractivity contribution in [1.29, 1.82) is 0 Å². The molecule has 0 bridgehead atoms. The van der Waals surface area contributed by atoms with E-state index in [0.717, 1.165) is 22.5 Å². The number of carbonyl (C=O) groups excluding carboxylic acids is 2. The van der Waals surface area contributed by atoms with Crippen LogP contribution in [0.3, 0.4) is 0 Å². The van der Waals surface area contributed by atoms with Gasteiger partial charge in [0.2, 0.25) is 11.0 Å². The van der Waals surface area contributed by atoms with E-state index in [1.807, 2.05) is 36.4 Å². The molecule has 0 spiro atoms. The van der Waals surface area contributed by atoms with Crippen LogP contribution in [-0.4, -0.2) is 53.6 Å². The summed E-state index contributed by atoms with van der Waals surface area (Å²) in [5.74, 6) is 2.32. The zero-order chi connectivity index (χ0) is 34.5. The predicted molar refractivity (Wildman–Crippen MR) is 184 cm³/mol. The fourth-order valence-corrected chi connectivity index (χ4v) is 7.20. The third-order valence-electron chi connectivity index (χ3n) is 8.11. The molecule has 258 valence electrons. The van der Waals surface area contributed by atoms with Crippen molar-refractivity contribution in [2.24, 2.45) is 0 Å². The number of rotatable bonds is 19. The van der Waals surface area contributed by atoms with Gasteiger partial charge in [-0.25, -0.2) is 0 Å². The van der Waals surface area contributed by atoms with E-state index < -0.39 is 0 Å². The molecule has 0 saturated heterocycles. The van der Waals surface area contributed by atoms with Gasteiger partial charge in [0.1, 0.15) is 0 Å². The highest BCUT2D eigenvalue weighted by atomic mass is 32.1. The molecule has 0 fully saturated rings. The number of hydrogen-bond acceptors (Lipinski definition) is 10. The van der Waals surface area contributed by atoms with E-state index in [2.05, 4.69) is 34.0 Å². The Balaban J connectivity index is 1.09. The molecule has 12 heteroatoms. The summed E-state index contributed by atoms with van der Waals surface area (Å²) < 4.78 is 36.8. The first kappa shape index (κ1) is 36.7. The zero-order valence-corrected chi connectivity index (χ0v) is 30.3. The molecule has 0 radical (unpaired) electrons. The number of unbranched alkanes of at least 4 members (excludes halogenated alkanes) is 1. The average molecular weight is 699 g/mol. The normalized spacial score (nSPS) is 10.9. The van der Waals surface area contributed by atoms with E-state index in [1.165, 1.54) is 9.75 Å². The van der Waals surface area contributed by atoms with E-state index in [-0.39, 0.29) is 24.8 Å². The second kappa shape index (κ2) is 18.4. The van der Waals surface area contributed by atoms with Crippen molar-refractivity contribution in [3.05, 3.63) is 79.7 Å². The molecule has 0 unspecified atom stereocenters. The van der Waals surface area contributed by atoms with Gasteiger partial charge in [0, 0.05) is 50.7 Å². The number of hydrogen-bond donors (Lipinski definition) is 0. The van der Waals surface area contributed by atoms with Crippen molar-refractivity contribution in [2.75, 3.05) is 41.7 Å². The lowest BCUT2D eigenvalue weighted by atomic mass is 10.2. The highest BCUT2D eigenvalue weighted by Gasteiger charge is 2.19. The van der Waals surface area contributed by atoms with Gasteiger partial charge in [-0.1, -0.05) is 22.7 Å². The maximum Gasteiger partial charge on any atom is 0.305 e. The minimum Gasteiger partial charge on any atom is -0.493 e. The summed E-state index contributed by atoms with van der Waals surface area (Å²) in [6.07, 6.45) is 3.05. The fraction of sp³-hybridized carbons (Fsp3) is 0.444. The summed E-state index contributed by atoms with van der Waals surface area (Å²) in [5, 5.41) is 0. The van der Waals surface area contributed by atoms with E-state index >= 15 is 0 Å². The maximum absolute atomic E-state index is 12.3. The van der Waals surface area contributed by atoms with Crippen LogP contribution in [0.1, 0.15) is 58.0 Å². The number of methoxy groups -OCH3 is 4. The first-order chi connectivity index (χ1) is 23.3. The number of benzene rings is 2. The Labute approximate surface area is 290 Å². The SMILES string of the molecule is COc1ccc(C[n+]2csc(CCOC(=O)CCCCC(=O)OCCc3sc[n+](Cc4ccc(OC)c(OC)c4)c3C)c2C)cc1OC. The van der Waals surface area contributed by atoms with Crippen LogP contribution in [0.5, 0.6) is 23.0 Å². The first-order valence-electron chi connectivity index (χ1n) is 15.9. The Kier molecular flexibility index (Phi) is 14.1. The second-order valence-corrected chi connectivity index (χ2v) is 13.1. The van der Waals surface area contributed by atoms with Crippen molar-refractivity contribution in [3.8, 4) is 23.0 Å². The Bertz CT molecular complexity index is 1540. The number of thiazole rings is 2. The Hall–Kier alpha value is -4.16. The highest BCUT2D eigenvalue weighted by molar-refractivity contribution is 7.09. The van der Waals surface area contributed by atoms with E-state index in [4.69, 9.17) is 28.4 Å². The smallest absolute Gasteiger partial charge is 0.305 e. The predicted octanol–water partition coefficient (Wildman–Crippen LogP) is 5.56. The average Bonchev–Trinajstić information content (AvgIpc) is 3.62. The van der Waals surface area contributed by atoms with Gasteiger partial charge in [0.15, 0.2) is 47.5 Å². The fourth-order valence-electron chi connectivity index (χ4n) is 5.24. The lowest BCUT2D eigenvalue weighted by molar-refractivity contribution is -0.689. The molecule has 10 nitrogen and oxygen atoms in total. The molecular weight excluding hydrogens is 653 g/mol. The summed E-state index contributed by atoms with van der Waals surface area (Å²) in [6, 6.07) is 11.8. The van der Waals surface area contributed by atoms with E-state index in [9.17, 15) is 9.59 Å². The molecule has 0 amide bonds. The van der Waals surface area contributed by atoms with Crippen LogP contribution in [0.4, 0.5) is 0 Å². The molecular formula is C36H46N2O8S2+2. The van der Waals surface area contributed by atoms with Crippen LogP contribution in [-0.2, 0) is 45.0 Å². The van der Waals surface area contributed by atoms with Crippen LogP contribution in [0.25, 0.3) is 0 Å². The van der Waals surface area contributed by atoms with Crippen LogP contribution >= 0.6 is 22.7 Å². The molecule has 48 heavy (non-hydrogen) atoms. The maximum atomic E-state index is 12.3. The van der Waals surface area contributed by atoms with Crippen molar-refractivity contribution in [2.45, 2.75) is 65.5 Å². The number of ether oxygens (including phenoxy) is 6. The quantitative estimate of drug-likeness (QED) is 0.0714. The molecule has 0 aliphatic heterocycles. The van der Waals surface area contributed by atoms with Gasteiger partial charge in [-0.3, -0.25) is 9.59 Å². The molecule has 2 aromatic heterocycles. The van der Waals surface area contributed by atoms with Gasteiger partial charge in [0.05, 0.1) is 51.4 Å². The largest absolute Gasteiger partial charge is 0.493 e. The van der Waals surface area contributed by atoms with E-state index in [0.29, 0.717) is 75.0 Å². The van der Waals surface area contributed by atoms with Gasteiger partial charge in [0.25, 0.3) is 0 Å². The monoisotopic (exact) mass is 698 g/mol. The minimum absolute atomic E-state index is 0.245. The molecule has 2 heterocycles. The molecule has 2 aromatic carbocycles. The van der Waals surface area contributed by atoms with Crippen molar-refractivity contribution < 1.29 is 47.1 Å². The Morgan fingerprint density at radius 1 is 0.604 bits per heavy atom. The Morgan fingerprint density at radius 3 is 1.38 bits per heavy atom. The number of esters is 2. The first-order valence-corrected chi connectivity index (χ1v) is 17.7. The van der Waals surface area contributed by atoms with Gasteiger partial charge < -0.3 is 28.4 Å². The van der Waals surface area contributed by atoms with Crippen molar-refractivity contribution >= 4 is 34.6 Å². The van der Waals surface area contributed by atoms with E-state index in [1.54, 1.807) is 51.1 Å². The summed E-state index contributed by atoms with van der Waals surface area (Å²) in [5.41, 5.74) is 8.67. The molecule has 4 rings (SSSR count). The lowest BCUT2D eigenvalue weighted by Crippen LogP contribution is -2.35. The molecule has 0 N–H and O–H groups in total. The van der Waals surface area contributed by atoms with Crippen molar-refractivity contribution in [3.63, 3.8) is 0 Å². The van der Waals surface area contributed by atoms with Crippen LogP contribution in [0, 0.1) is 13.8 Å². The summed E-state index contributed by atoms with van der Waals surface area (Å²) >= 11 is 3.31. The molecule has 0 aliphatic rings. The number of aromatic nitrogens is 2. The molecule has 0 aliphatic carbocycles. The van der Waals surface area contributed by atoms with Gasteiger partial charge in [-0.15, -0.1) is 0 Å². The second-order valence-electron chi connectivity index (χ2n) is 11.2. The Morgan fingerprint density at radius 2 is 1.00 bits per heavy atom. The third-order valence-corrected chi connectivity index (χ3v) is 10.4. The molecule has 0 atom stereocenters. The third kappa shape index (κ3) is 10.2. The van der Waals surface area contributed by atoms with Gasteiger partial charge in [-0.05, 0) is 49.2 Å². The highest BCUT2D eigenvalue weighted by Crippen LogP contribution is 2.29. The number of nitrogens with zero attached hydrogens (tertiary/aromatic N) is 2. The van der Waals surface area contributed by atoms with Crippen LogP contribution in [0.2, 0.25) is 0 Å². The van der Waals surface area contributed by atoms with Crippen LogP contribution < -0.4 is 28.1 Å². The van der Waals surface area contributed by atoms with Gasteiger partial charge >= 0.3 is 11.9 Å². The zero-order valence-electron chi connectivity index (χ0n) is 28.7. The summed E-state index contributed by atoms with van der Waals surface area (Å²) in [4.78, 5) is 26.9.